The van der Waals surface area contributed by atoms with Gasteiger partial charge in [-0.05, 0) is 41.8 Å². The Kier molecular flexibility index (Phi) is 5.14. The lowest BCUT2D eigenvalue weighted by atomic mass is 10.1. The van der Waals surface area contributed by atoms with E-state index in [1.807, 2.05) is 0 Å². The monoisotopic (exact) mass is 299 g/mol. The summed E-state index contributed by atoms with van der Waals surface area (Å²) in [6, 6.07) is 13.6. The third-order valence-corrected chi connectivity index (χ3v) is 3.17. The first-order chi connectivity index (χ1) is 10.5. The fourth-order valence-corrected chi connectivity index (χ4v) is 2.01. The van der Waals surface area contributed by atoms with E-state index in [1.165, 1.54) is 0 Å². The van der Waals surface area contributed by atoms with Crippen LogP contribution < -0.4 is 5.32 Å². The molecule has 114 valence electrons. The molecule has 0 radical (unpaired) electrons. The second kappa shape index (κ2) is 7.26. The number of carbonyl (C=O) groups is 2. The van der Waals surface area contributed by atoms with E-state index in [2.05, 4.69) is 5.32 Å². The molecule has 5 heteroatoms. The number of nitrogens with one attached hydrogen (secondary N) is 1. The number of hydrogen-bond donors (Lipinski definition) is 3. The first kappa shape index (κ1) is 15.6. The van der Waals surface area contributed by atoms with Gasteiger partial charge in [-0.15, -0.1) is 0 Å². The molecule has 22 heavy (non-hydrogen) atoms. The van der Waals surface area contributed by atoms with Crippen LogP contribution in [0.3, 0.4) is 0 Å². The van der Waals surface area contributed by atoms with E-state index < -0.39 is 5.97 Å². The minimum atomic E-state index is -0.828. The normalized spacial score (nSPS) is 10.2. The van der Waals surface area contributed by atoms with Crippen LogP contribution in [0.15, 0.2) is 48.5 Å². The van der Waals surface area contributed by atoms with Crippen molar-refractivity contribution in [3.05, 3.63) is 59.7 Å². The topological polar surface area (TPSA) is 86.6 Å². The summed E-state index contributed by atoms with van der Waals surface area (Å²) >= 11 is 0. The average Bonchev–Trinajstić information content (AvgIpc) is 2.49. The molecule has 0 aliphatic heterocycles. The molecule has 2 aromatic carbocycles. The number of anilines is 1. The van der Waals surface area contributed by atoms with Crippen molar-refractivity contribution in [1.29, 1.82) is 0 Å². The van der Waals surface area contributed by atoms with Crippen LogP contribution in [0, 0.1) is 0 Å². The Hall–Kier alpha value is -2.82. The molecule has 0 bridgehead atoms. The van der Waals surface area contributed by atoms with E-state index in [0.29, 0.717) is 12.1 Å². The van der Waals surface area contributed by atoms with Crippen molar-refractivity contribution >= 4 is 17.6 Å². The van der Waals surface area contributed by atoms with Gasteiger partial charge in [-0.25, -0.2) is 0 Å². The third kappa shape index (κ3) is 4.94. The van der Waals surface area contributed by atoms with Crippen molar-refractivity contribution < 1.29 is 19.8 Å². The Labute approximate surface area is 128 Å². The smallest absolute Gasteiger partial charge is 0.303 e. The van der Waals surface area contributed by atoms with Gasteiger partial charge in [0.1, 0.15) is 5.75 Å². The van der Waals surface area contributed by atoms with Crippen LogP contribution in [0.4, 0.5) is 5.69 Å². The molecule has 0 aliphatic carbocycles. The number of carbonyl (C=O) groups excluding carboxylic acids is 1. The molecular formula is C17H17NO4. The highest BCUT2D eigenvalue weighted by Gasteiger charge is 2.05. The molecule has 2 aromatic rings. The molecule has 0 atom stereocenters. The number of phenolic OH excluding ortho intramolecular Hbond substituents is 1. The van der Waals surface area contributed by atoms with Crippen LogP contribution in [0.5, 0.6) is 5.75 Å². The molecule has 1 amide bonds. The summed E-state index contributed by atoms with van der Waals surface area (Å²) < 4.78 is 0. The summed E-state index contributed by atoms with van der Waals surface area (Å²) in [5.74, 6) is -0.809. The average molecular weight is 299 g/mol. The highest BCUT2D eigenvalue weighted by molar-refractivity contribution is 5.92. The Morgan fingerprint density at radius 2 is 1.50 bits per heavy atom. The van der Waals surface area contributed by atoms with Crippen LogP contribution in [-0.2, 0) is 22.4 Å². The fourth-order valence-electron chi connectivity index (χ4n) is 2.01. The SMILES string of the molecule is O=C(O)CCc1ccc(NC(=O)Cc2ccc(O)cc2)cc1. The molecule has 3 N–H and O–H groups in total. The predicted molar refractivity (Wildman–Crippen MR) is 82.8 cm³/mol. The van der Waals surface area contributed by atoms with Crippen LogP contribution in [-0.4, -0.2) is 22.1 Å². The van der Waals surface area contributed by atoms with E-state index in [-0.39, 0.29) is 24.5 Å². The Morgan fingerprint density at radius 3 is 2.09 bits per heavy atom. The van der Waals surface area contributed by atoms with Crippen LogP contribution in [0.1, 0.15) is 17.5 Å². The zero-order chi connectivity index (χ0) is 15.9. The Balaban J connectivity index is 1.88. The first-order valence-corrected chi connectivity index (χ1v) is 6.91. The second-order valence-electron chi connectivity index (χ2n) is 4.98. The quantitative estimate of drug-likeness (QED) is 0.765. The van der Waals surface area contributed by atoms with Crippen LogP contribution >= 0.6 is 0 Å². The van der Waals surface area contributed by atoms with Gasteiger partial charge < -0.3 is 15.5 Å². The molecule has 5 nitrogen and oxygen atoms in total. The van der Waals surface area contributed by atoms with Gasteiger partial charge in [0.05, 0.1) is 6.42 Å². The molecule has 0 unspecified atom stereocenters. The van der Waals surface area contributed by atoms with Crippen molar-refractivity contribution in [2.45, 2.75) is 19.3 Å². The number of phenols is 1. The van der Waals surface area contributed by atoms with Gasteiger partial charge in [0, 0.05) is 12.1 Å². The van der Waals surface area contributed by atoms with Gasteiger partial charge in [0.2, 0.25) is 5.91 Å². The lowest BCUT2D eigenvalue weighted by Crippen LogP contribution is -2.14. The third-order valence-electron chi connectivity index (χ3n) is 3.17. The fraction of sp³-hybridized carbons (Fsp3) is 0.176. The summed E-state index contributed by atoms with van der Waals surface area (Å²) in [5, 5.41) is 20.6. The number of aryl methyl sites for hydroxylation is 1. The maximum atomic E-state index is 11.9. The minimum Gasteiger partial charge on any atom is -0.508 e. The summed E-state index contributed by atoms with van der Waals surface area (Å²) in [4.78, 5) is 22.4. The molecule has 0 spiro atoms. The van der Waals surface area contributed by atoms with Gasteiger partial charge in [-0.3, -0.25) is 9.59 Å². The summed E-state index contributed by atoms with van der Waals surface area (Å²) in [6.45, 7) is 0. The standard InChI is InChI=1S/C17H17NO4/c19-15-8-3-13(4-9-15)11-16(20)18-14-6-1-12(2-7-14)5-10-17(21)22/h1-4,6-9,19H,5,10-11H2,(H,18,20)(H,21,22). The molecule has 2 rings (SSSR count). The summed E-state index contributed by atoms with van der Waals surface area (Å²) in [6.07, 6.45) is 0.782. The number of carboxylic acids is 1. The number of aliphatic carboxylic acids is 1. The van der Waals surface area contributed by atoms with Gasteiger partial charge in [0.15, 0.2) is 0 Å². The number of rotatable bonds is 6. The molecule has 0 saturated carbocycles. The lowest BCUT2D eigenvalue weighted by molar-refractivity contribution is -0.137. The number of amides is 1. The van der Waals surface area contributed by atoms with Crippen molar-refractivity contribution in [2.75, 3.05) is 5.32 Å². The first-order valence-electron chi connectivity index (χ1n) is 6.91. The molecule has 0 saturated heterocycles. The van der Waals surface area contributed by atoms with E-state index in [9.17, 15) is 14.7 Å². The Morgan fingerprint density at radius 1 is 0.909 bits per heavy atom. The van der Waals surface area contributed by atoms with Gasteiger partial charge >= 0.3 is 5.97 Å². The molecule has 0 aromatic heterocycles. The minimum absolute atomic E-state index is 0.0898. The number of benzene rings is 2. The summed E-state index contributed by atoms with van der Waals surface area (Å²) in [7, 11) is 0. The van der Waals surface area contributed by atoms with Crippen molar-refractivity contribution in [3.63, 3.8) is 0 Å². The zero-order valence-electron chi connectivity index (χ0n) is 12.0. The van der Waals surface area contributed by atoms with E-state index >= 15 is 0 Å². The highest BCUT2D eigenvalue weighted by atomic mass is 16.4. The van der Waals surface area contributed by atoms with Gasteiger partial charge in [-0.1, -0.05) is 24.3 Å². The van der Waals surface area contributed by atoms with Crippen molar-refractivity contribution in [2.24, 2.45) is 0 Å². The summed E-state index contributed by atoms with van der Waals surface area (Å²) in [5.41, 5.74) is 2.40. The predicted octanol–water partition coefficient (Wildman–Crippen LogP) is 2.59. The zero-order valence-corrected chi connectivity index (χ0v) is 12.0. The van der Waals surface area contributed by atoms with Crippen LogP contribution in [0.2, 0.25) is 0 Å². The maximum absolute atomic E-state index is 11.9. The lowest BCUT2D eigenvalue weighted by Gasteiger charge is -2.06. The largest absolute Gasteiger partial charge is 0.508 e. The molecule has 0 aliphatic rings. The number of aromatic hydroxyl groups is 1. The van der Waals surface area contributed by atoms with Gasteiger partial charge in [0.25, 0.3) is 0 Å². The molecular weight excluding hydrogens is 282 g/mol. The van der Waals surface area contributed by atoms with Gasteiger partial charge in [-0.2, -0.15) is 0 Å². The van der Waals surface area contributed by atoms with E-state index in [0.717, 1.165) is 11.1 Å². The van der Waals surface area contributed by atoms with Crippen molar-refractivity contribution in [3.8, 4) is 5.75 Å². The highest BCUT2D eigenvalue weighted by Crippen LogP contribution is 2.13. The van der Waals surface area contributed by atoms with E-state index in [1.54, 1.807) is 48.5 Å². The molecule has 0 fully saturated rings. The van der Waals surface area contributed by atoms with Crippen molar-refractivity contribution in [1.82, 2.24) is 0 Å². The van der Waals surface area contributed by atoms with E-state index in [4.69, 9.17) is 5.11 Å². The Bertz CT molecular complexity index is 647. The second-order valence-corrected chi connectivity index (χ2v) is 4.98. The maximum Gasteiger partial charge on any atom is 0.303 e. The molecule has 0 heterocycles. The number of hydrogen-bond acceptors (Lipinski definition) is 3. The number of carboxylic acid groups (broad SMARTS) is 1. The van der Waals surface area contributed by atoms with Crippen LogP contribution in [0.25, 0.3) is 0 Å².